The Morgan fingerprint density at radius 3 is 2.52 bits per heavy atom. The SMILES string of the molecule is Cc1noc([C@H]2CCN(C(=O)C3CCCC3)C[C@H]2NC(=O)C2CC2)n1. The molecule has 0 spiro atoms. The van der Waals surface area contributed by atoms with Crippen LogP contribution in [0.3, 0.4) is 0 Å². The van der Waals surface area contributed by atoms with Crippen molar-refractivity contribution >= 4 is 11.8 Å². The second-order valence-corrected chi connectivity index (χ2v) is 7.73. The highest BCUT2D eigenvalue weighted by Crippen LogP contribution is 2.33. The minimum atomic E-state index is -0.146. The van der Waals surface area contributed by atoms with Gasteiger partial charge in [-0.3, -0.25) is 9.59 Å². The molecule has 1 aromatic rings. The fourth-order valence-corrected chi connectivity index (χ4v) is 4.13. The number of nitrogens with one attached hydrogen (secondary N) is 1. The Morgan fingerprint density at radius 2 is 1.88 bits per heavy atom. The van der Waals surface area contributed by atoms with Gasteiger partial charge < -0.3 is 14.7 Å². The number of rotatable bonds is 4. The summed E-state index contributed by atoms with van der Waals surface area (Å²) in [7, 11) is 0. The number of piperidine rings is 1. The van der Waals surface area contributed by atoms with E-state index in [1.807, 2.05) is 4.90 Å². The number of aryl methyl sites for hydroxylation is 1. The van der Waals surface area contributed by atoms with Gasteiger partial charge in [-0.25, -0.2) is 0 Å². The number of aromatic nitrogens is 2. The summed E-state index contributed by atoms with van der Waals surface area (Å²) >= 11 is 0. The molecule has 0 bridgehead atoms. The van der Waals surface area contributed by atoms with Gasteiger partial charge in [-0.1, -0.05) is 18.0 Å². The van der Waals surface area contributed by atoms with Crippen molar-refractivity contribution in [2.24, 2.45) is 11.8 Å². The van der Waals surface area contributed by atoms with E-state index in [2.05, 4.69) is 15.5 Å². The number of hydrogen-bond acceptors (Lipinski definition) is 5. The molecule has 7 nitrogen and oxygen atoms in total. The van der Waals surface area contributed by atoms with E-state index in [4.69, 9.17) is 4.52 Å². The number of amides is 2. The third-order valence-electron chi connectivity index (χ3n) is 5.77. The number of carbonyl (C=O) groups is 2. The second-order valence-electron chi connectivity index (χ2n) is 7.73. The van der Waals surface area contributed by atoms with E-state index in [9.17, 15) is 9.59 Å². The Bertz CT molecular complexity index is 649. The van der Waals surface area contributed by atoms with Crippen molar-refractivity contribution in [2.75, 3.05) is 13.1 Å². The predicted octanol–water partition coefficient (Wildman–Crippen LogP) is 1.78. The van der Waals surface area contributed by atoms with Gasteiger partial charge in [-0.05, 0) is 39.0 Å². The third-order valence-corrected chi connectivity index (χ3v) is 5.77. The van der Waals surface area contributed by atoms with Crippen molar-refractivity contribution in [3.05, 3.63) is 11.7 Å². The lowest BCUT2D eigenvalue weighted by molar-refractivity contribution is -0.138. The van der Waals surface area contributed by atoms with Crippen LogP contribution in [0.25, 0.3) is 0 Å². The standard InChI is InChI=1S/C18H26N4O3/c1-11-19-17(25-21-11)14-8-9-22(18(24)13-4-2-3-5-13)10-15(14)20-16(23)12-6-7-12/h12-15H,2-10H2,1H3,(H,20,23)/t14-,15+/m0/s1. The molecule has 0 unspecified atom stereocenters. The van der Waals surface area contributed by atoms with E-state index in [1.165, 1.54) is 0 Å². The van der Waals surface area contributed by atoms with E-state index in [1.54, 1.807) is 6.92 Å². The van der Waals surface area contributed by atoms with Gasteiger partial charge in [-0.2, -0.15) is 4.98 Å². The first kappa shape index (κ1) is 16.5. The van der Waals surface area contributed by atoms with Gasteiger partial charge in [0.25, 0.3) is 0 Å². The highest BCUT2D eigenvalue weighted by atomic mass is 16.5. The molecule has 2 saturated carbocycles. The van der Waals surface area contributed by atoms with Crippen LogP contribution in [-0.2, 0) is 9.59 Å². The van der Waals surface area contributed by atoms with Crippen molar-refractivity contribution in [1.82, 2.24) is 20.4 Å². The molecule has 4 rings (SSSR count). The average Bonchev–Trinajstić information content (AvgIpc) is 3.15. The molecule has 136 valence electrons. The Hall–Kier alpha value is -1.92. The summed E-state index contributed by atoms with van der Waals surface area (Å²) in [6.07, 6.45) is 6.98. The molecule has 25 heavy (non-hydrogen) atoms. The van der Waals surface area contributed by atoms with Crippen LogP contribution in [0.15, 0.2) is 4.52 Å². The molecular weight excluding hydrogens is 320 g/mol. The fraction of sp³-hybridized carbons (Fsp3) is 0.778. The van der Waals surface area contributed by atoms with Gasteiger partial charge in [0.05, 0.1) is 12.0 Å². The maximum Gasteiger partial charge on any atom is 0.231 e. The number of likely N-dealkylation sites (tertiary alicyclic amines) is 1. The summed E-state index contributed by atoms with van der Waals surface area (Å²) in [5.41, 5.74) is 0. The molecule has 2 amide bonds. The molecular formula is C18H26N4O3. The number of nitrogens with zero attached hydrogens (tertiary/aromatic N) is 3. The first-order valence-corrected chi connectivity index (χ1v) is 9.51. The summed E-state index contributed by atoms with van der Waals surface area (Å²) in [5.74, 6) is 1.83. The molecule has 0 aromatic carbocycles. The summed E-state index contributed by atoms with van der Waals surface area (Å²) in [6.45, 7) is 3.03. The number of carbonyl (C=O) groups excluding carboxylic acids is 2. The average molecular weight is 346 g/mol. The van der Waals surface area contributed by atoms with Crippen molar-refractivity contribution in [3.8, 4) is 0 Å². The van der Waals surface area contributed by atoms with Gasteiger partial charge >= 0.3 is 0 Å². The van der Waals surface area contributed by atoms with Gasteiger partial charge in [0.2, 0.25) is 17.7 Å². The van der Waals surface area contributed by atoms with Crippen LogP contribution in [0, 0.1) is 18.8 Å². The first-order valence-electron chi connectivity index (χ1n) is 9.51. The molecule has 2 aliphatic carbocycles. The molecule has 1 N–H and O–H groups in total. The molecule has 1 saturated heterocycles. The first-order chi connectivity index (χ1) is 12.1. The van der Waals surface area contributed by atoms with Crippen molar-refractivity contribution in [1.29, 1.82) is 0 Å². The van der Waals surface area contributed by atoms with Gasteiger partial charge in [0.15, 0.2) is 5.82 Å². The minimum absolute atomic E-state index is 0.0171. The maximum absolute atomic E-state index is 12.8. The largest absolute Gasteiger partial charge is 0.351 e. The second kappa shape index (κ2) is 6.77. The Balaban J connectivity index is 1.48. The van der Waals surface area contributed by atoms with E-state index in [0.717, 1.165) is 44.9 Å². The molecule has 2 heterocycles. The molecule has 7 heteroatoms. The van der Waals surface area contributed by atoms with Crippen LogP contribution in [0.4, 0.5) is 0 Å². The third kappa shape index (κ3) is 3.55. The van der Waals surface area contributed by atoms with Crippen molar-refractivity contribution < 1.29 is 14.1 Å². The maximum atomic E-state index is 12.8. The van der Waals surface area contributed by atoms with Crippen LogP contribution in [0.5, 0.6) is 0 Å². The smallest absolute Gasteiger partial charge is 0.231 e. The number of hydrogen-bond donors (Lipinski definition) is 1. The van der Waals surface area contributed by atoms with E-state index in [0.29, 0.717) is 24.8 Å². The predicted molar refractivity (Wildman–Crippen MR) is 89.6 cm³/mol. The van der Waals surface area contributed by atoms with Crippen LogP contribution < -0.4 is 5.32 Å². The molecule has 1 aromatic heterocycles. The van der Waals surface area contributed by atoms with Crippen LogP contribution in [0.1, 0.15) is 62.6 Å². The van der Waals surface area contributed by atoms with Gasteiger partial charge in [0, 0.05) is 24.9 Å². The lowest BCUT2D eigenvalue weighted by Crippen LogP contribution is -2.54. The molecule has 3 aliphatic rings. The quantitative estimate of drug-likeness (QED) is 0.898. The van der Waals surface area contributed by atoms with E-state index < -0.39 is 0 Å². The van der Waals surface area contributed by atoms with Crippen LogP contribution in [0.2, 0.25) is 0 Å². The summed E-state index contributed by atoms with van der Waals surface area (Å²) < 4.78 is 5.37. The zero-order valence-electron chi connectivity index (χ0n) is 14.7. The van der Waals surface area contributed by atoms with Crippen LogP contribution in [-0.4, -0.2) is 46.0 Å². The van der Waals surface area contributed by atoms with E-state index >= 15 is 0 Å². The fourth-order valence-electron chi connectivity index (χ4n) is 4.13. The lowest BCUT2D eigenvalue weighted by Gasteiger charge is -2.38. The lowest BCUT2D eigenvalue weighted by atomic mass is 9.90. The zero-order valence-corrected chi connectivity index (χ0v) is 14.7. The topological polar surface area (TPSA) is 88.3 Å². The van der Waals surface area contributed by atoms with Crippen LogP contribution >= 0.6 is 0 Å². The van der Waals surface area contributed by atoms with Gasteiger partial charge in [0.1, 0.15) is 0 Å². The molecule has 1 aliphatic heterocycles. The molecule has 0 radical (unpaired) electrons. The van der Waals surface area contributed by atoms with Crippen molar-refractivity contribution in [3.63, 3.8) is 0 Å². The normalized spacial score (nSPS) is 27.5. The van der Waals surface area contributed by atoms with Gasteiger partial charge in [-0.15, -0.1) is 0 Å². The monoisotopic (exact) mass is 346 g/mol. The highest BCUT2D eigenvalue weighted by Gasteiger charge is 2.40. The van der Waals surface area contributed by atoms with E-state index in [-0.39, 0.29) is 35.6 Å². The zero-order chi connectivity index (χ0) is 17.4. The minimum Gasteiger partial charge on any atom is -0.351 e. The Morgan fingerprint density at radius 1 is 1.12 bits per heavy atom. The highest BCUT2D eigenvalue weighted by molar-refractivity contribution is 5.82. The Labute approximate surface area is 147 Å². The molecule has 2 atom stereocenters. The van der Waals surface area contributed by atoms with Crippen molar-refractivity contribution in [2.45, 2.75) is 63.8 Å². The summed E-state index contributed by atoms with van der Waals surface area (Å²) in [6, 6.07) is -0.146. The summed E-state index contributed by atoms with van der Waals surface area (Å²) in [5, 5.41) is 7.04. The molecule has 3 fully saturated rings. The Kier molecular flexibility index (Phi) is 4.48. The summed E-state index contributed by atoms with van der Waals surface area (Å²) in [4.78, 5) is 31.4.